The van der Waals surface area contributed by atoms with E-state index in [0.29, 0.717) is 0 Å². The number of hydrogen-bond acceptors (Lipinski definition) is 8. The molecule has 0 spiro atoms. The van der Waals surface area contributed by atoms with Crippen molar-refractivity contribution in [3.05, 3.63) is 206 Å². The third-order valence-electron chi connectivity index (χ3n) is 9.04. The topological polar surface area (TPSA) is 120 Å². The fourth-order valence-corrected chi connectivity index (χ4v) is 11.5. The average molecular weight is 1010 g/mol. The molecule has 2 heterocycles. The normalized spacial score (nSPS) is 11.7. The van der Waals surface area contributed by atoms with Gasteiger partial charge < -0.3 is 28.8 Å². The number of fused-ring (bicyclic) bond motifs is 2. The van der Waals surface area contributed by atoms with Crippen LogP contribution in [-0.2, 0) is 20.1 Å². The Labute approximate surface area is 365 Å². The molecule has 0 aromatic heterocycles. The number of rotatable bonds is 9. The smallest absolute Gasteiger partial charge is 0.603 e. The van der Waals surface area contributed by atoms with Crippen LogP contribution in [-0.4, -0.2) is 24.5 Å². The summed E-state index contributed by atoms with van der Waals surface area (Å²) in [6, 6.07) is 57.1. The third kappa shape index (κ3) is 9.76. The Balaban J connectivity index is 0.000000322. The minimum Gasteiger partial charge on any atom is -0.603 e. The molecule has 60 heavy (non-hydrogen) atoms. The number of hydrogen-bond donors (Lipinski definition) is 0. The first kappa shape index (κ1) is 43.7. The van der Waals surface area contributed by atoms with Crippen LogP contribution in [0.15, 0.2) is 164 Å². The number of carbonyl (C=O) groups excluding carboxylic acids is 1. The van der Waals surface area contributed by atoms with Gasteiger partial charge in [0.05, 0.1) is 0 Å². The molecule has 0 unspecified atom stereocenters. The number of ether oxygens (including phenoxy) is 4. The van der Waals surface area contributed by atoms with Crippen molar-refractivity contribution in [2.75, 3.05) is 13.6 Å². The van der Waals surface area contributed by atoms with Crippen LogP contribution >= 0.6 is 15.8 Å². The van der Waals surface area contributed by atoms with Gasteiger partial charge in [0.25, 0.3) is 0 Å². The first-order chi connectivity index (χ1) is 28.9. The first-order valence-corrected chi connectivity index (χ1v) is 21.0. The van der Waals surface area contributed by atoms with Crippen molar-refractivity contribution in [3.8, 4) is 34.1 Å². The van der Waals surface area contributed by atoms with E-state index >= 15 is 0 Å². The minimum absolute atomic E-state index is 0. The number of nitrogens with zero attached hydrogens (tertiary/aromatic N) is 1. The van der Waals surface area contributed by atoms with Gasteiger partial charge in [-0.2, -0.15) is 0 Å². The summed E-state index contributed by atoms with van der Waals surface area (Å²) >= 11 is 0. The van der Waals surface area contributed by atoms with Crippen molar-refractivity contribution >= 4 is 59.3 Å². The fraction of sp³-hybridized carbons (Fsp3) is 0.0417. The Hall–Kier alpha value is -5.88. The van der Waals surface area contributed by atoms with Crippen molar-refractivity contribution in [2.45, 2.75) is 0 Å². The van der Waals surface area contributed by atoms with Gasteiger partial charge in [-0.05, 0) is 98.2 Å². The summed E-state index contributed by atoms with van der Waals surface area (Å²) in [5.41, 5.74) is 1.42. The van der Waals surface area contributed by atoms with Gasteiger partial charge in [0, 0.05) is 16.1 Å². The van der Waals surface area contributed by atoms with Gasteiger partial charge in [-0.1, -0.05) is 133 Å². The summed E-state index contributed by atoms with van der Waals surface area (Å²) in [6.07, 6.45) is 1.50. The molecule has 0 amide bonds. The van der Waals surface area contributed by atoms with E-state index in [0.717, 1.165) is 46.3 Å². The molecule has 9 rings (SSSR count). The Bertz CT molecular complexity index is 2280. The summed E-state index contributed by atoms with van der Waals surface area (Å²) in [5.74, 6) is 1.52. The van der Waals surface area contributed by atoms with Gasteiger partial charge in [0.15, 0.2) is 28.7 Å². The minimum atomic E-state index is -1.47. The molecule has 2 aliphatic rings. The van der Waals surface area contributed by atoms with Crippen LogP contribution in [0.2, 0.25) is 0 Å². The van der Waals surface area contributed by atoms with E-state index in [1.54, 1.807) is 0 Å². The number of aromatic carboxylic acids is 1. The molecule has 0 aliphatic carbocycles. The maximum absolute atomic E-state index is 10.2. The van der Waals surface area contributed by atoms with E-state index in [1.807, 2.05) is 0 Å². The zero-order valence-electron chi connectivity index (χ0n) is 31.9. The molecular weight excluding hydrogens is 973 g/mol. The maximum Gasteiger partial charge on any atom is 3.00 e. The first-order valence-electron chi connectivity index (χ1n) is 18.3. The number of nitro benzene ring substituents is 1. The van der Waals surface area contributed by atoms with Crippen LogP contribution in [0.5, 0.6) is 23.0 Å². The van der Waals surface area contributed by atoms with Crippen molar-refractivity contribution in [1.29, 1.82) is 0 Å². The molecule has 3 radical (unpaired) electrons. The van der Waals surface area contributed by atoms with Gasteiger partial charge in [-0.3, -0.25) is 10.1 Å². The van der Waals surface area contributed by atoms with Crippen LogP contribution in [0.25, 0.3) is 11.1 Å². The van der Waals surface area contributed by atoms with E-state index in [9.17, 15) is 20.0 Å². The molecule has 0 fully saturated rings. The van der Waals surface area contributed by atoms with Crippen molar-refractivity contribution < 1.29 is 53.9 Å². The maximum atomic E-state index is 10.2. The zero-order valence-corrected chi connectivity index (χ0v) is 36.1. The second-order valence-electron chi connectivity index (χ2n) is 12.7. The summed E-state index contributed by atoms with van der Waals surface area (Å²) in [4.78, 5) is 19.7. The largest absolute Gasteiger partial charge is 3.00 e. The van der Waals surface area contributed by atoms with E-state index in [1.165, 1.54) is 44.3 Å². The molecule has 0 saturated heterocycles. The average Bonchev–Trinajstić information content (AvgIpc) is 3.97. The molecule has 7 aromatic rings. The second-order valence-corrected chi connectivity index (χ2v) is 17.1. The predicted molar refractivity (Wildman–Crippen MR) is 233 cm³/mol. The SMILES string of the molecule is O=C([O-])c1[c-]ccc([N+](=O)[O-])c1.[CH2][CH][CH2].[Ir+3].c1ccc(P(c2ccccc2)c2ccc3c(c2-c2c(P(c4ccccc4)c4ccccc4)ccc4c2OCO4)OCO3)cc1. The monoisotopic (exact) mass is 1010 g/mol. The Morgan fingerprint density at radius 1 is 0.600 bits per heavy atom. The van der Waals surface area contributed by atoms with Gasteiger partial charge in [0.1, 0.15) is 0 Å². The molecule has 299 valence electrons. The summed E-state index contributed by atoms with van der Waals surface area (Å²) in [6.45, 7) is 6.85. The summed E-state index contributed by atoms with van der Waals surface area (Å²) in [5, 5.41) is 27.8. The van der Waals surface area contributed by atoms with E-state index in [-0.39, 0.29) is 44.9 Å². The number of benzene rings is 7. The molecule has 0 saturated carbocycles. The van der Waals surface area contributed by atoms with Crippen LogP contribution in [0.3, 0.4) is 0 Å². The summed E-state index contributed by atoms with van der Waals surface area (Å²) < 4.78 is 24.7. The van der Waals surface area contributed by atoms with Crippen LogP contribution in [0.1, 0.15) is 10.4 Å². The molecule has 0 atom stereocenters. The van der Waals surface area contributed by atoms with Gasteiger partial charge in [-0.15, -0.1) is 17.7 Å². The Kier molecular flexibility index (Phi) is 15.2. The summed E-state index contributed by atoms with van der Waals surface area (Å²) in [7, 11) is -1.94. The zero-order chi connectivity index (χ0) is 41.1. The van der Waals surface area contributed by atoms with Gasteiger partial charge >= 0.3 is 20.1 Å². The molecule has 7 aromatic carbocycles. The van der Waals surface area contributed by atoms with E-state index < -0.39 is 26.7 Å². The molecule has 0 N–H and O–H groups in total. The third-order valence-corrected chi connectivity index (χ3v) is 14.0. The number of nitro groups is 1. The molecule has 9 nitrogen and oxygen atoms in total. The number of carbonyl (C=O) groups is 1. The second kappa shape index (κ2) is 20.9. The van der Waals surface area contributed by atoms with Gasteiger partial charge in [0.2, 0.25) is 13.6 Å². The van der Waals surface area contributed by atoms with Crippen molar-refractivity contribution in [1.82, 2.24) is 0 Å². The predicted octanol–water partition coefficient (Wildman–Crippen LogP) is 6.94. The number of non-ortho nitro benzene ring substituents is 1. The van der Waals surface area contributed by atoms with E-state index in [2.05, 4.69) is 166 Å². The Morgan fingerprint density at radius 2 is 0.967 bits per heavy atom. The fourth-order valence-electron chi connectivity index (χ4n) is 6.63. The van der Waals surface area contributed by atoms with Gasteiger partial charge in [-0.25, -0.2) is 0 Å². The quantitative estimate of drug-likeness (QED) is 0.0661. The standard InChI is InChI=1S/C38H28O4P2.C7H4NO4.C3H5.Ir/c1-5-13-27(14-6-1)43(28-15-7-2-8-16-28)33-23-21-31-37(41-25-39-31)35(33)36-34(24-22-32-38(36)42-26-40-32)44(29-17-9-3-10-18-29)30-19-11-4-12-20-30;9-7(10)5-2-1-3-6(4-5)8(11)12;1-3-2;/h1-24H,25-26H2;1,3-4H,(H,9,10);3H,1-2H2;/q;-1;;+3/p-1. The number of carboxylic acid groups (broad SMARTS) is 1. The Morgan fingerprint density at radius 3 is 1.30 bits per heavy atom. The van der Waals surface area contributed by atoms with Crippen LogP contribution in [0, 0.1) is 36.4 Å². The van der Waals surface area contributed by atoms with Crippen molar-refractivity contribution in [3.63, 3.8) is 0 Å². The van der Waals surface area contributed by atoms with Crippen LogP contribution < -0.4 is 55.9 Å². The van der Waals surface area contributed by atoms with Crippen molar-refractivity contribution in [2.24, 2.45) is 0 Å². The number of carboxylic acids is 1. The molecule has 0 bridgehead atoms. The van der Waals surface area contributed by atoms with Crippen LogP contribution in [0.4, 0.5) is 5.69 Å². The molecule has 2 aliphatic heterocycles. The van der Waals surface area contributed by atoms with E-state index in [4.69, 9.17) is 18.9 Å². The molecule has 12 heteroatoms. The molecular formula is C48H36IrNO8P2+.